The Labute approximate surface area is 288 Å². The molecule has 2 N–H and O–H groups in total. The predicted molar refractivity (Wildman–Crippen MR) is 194 cm³/mol. The highest BCUT2D eigenvalue weighted by Gasteiger charge is 2.53. The Morgan fingerprint density at radius 2 is 1.00 bits per heavy atom. The van der Waals surface area contributed by atoms with Crippen LogP contribution in [0.25, 0.3) is 0 Å². The van der Waals surface area contributed by atoms with E-state index < -0.39 is 17.9 Å². The molecule has 2 rings (SSSR count). The summed E-state index contributed by atoms with van der Waals surface area (Å²) >= 11 is 0. The normalized spacial score (nSPS) is 16.3. The lowest BCUT2D eigenvalue weighted by molar-refractivity contribution is -0.144. The highest BCUT2D eigenvalue weighted by Crippen LogP contribution is 2.84. The lowest BCUT2D eigenvalue weighted by Gasteiger charge is -2.22. The number of unbranched alkanes of at least 4 members (excludes halogenated alkanes) is 13. The first-order chi connectivity index (χ1) is 20.7. The summed E-state index contributed by atoms with van der Waals surface area (Å²) < 4.78 is 0.0674. The highest BCUT2D eigenvalue weighted by molar-refractivity contribution is 9.14. The van der Waals surface area contributed by atoms with Crippen LogP contribution in [0.1, 0.15) is 149 Å². The number of carbonyl (C=O) groups is 5. The first-order valence-corrected chi connectivity index (χ1v) is 22.3. The van der Waals surface area contributed by atoms with Crippen molar-refractivity contribution in [1.29, 1.82) is 0 Å². The molecule has 7 nitrogen and oxygen atoms in total. The van der Waals surface area contributed by atoms with Gasteiger partial charge in [0.05, 0.1) is 5.92 Å². The van der Waals surface area contributed by atoms with Crippen molar-refractivity contribution in [2.75, 3.05) is 0 Å². The van der Waals surface area contributed by atoms with E-state index in [1.165, 1.54) is 38.5 Å². The van der Waals surface area contributed by atoms with Gasteiger partial charge in [0, 0.05) is 38.5 Å². The number of rotatable bonds is 28. The zero-order valence-electron chi connectivity index (χ0n) is 25.1. The van der Waals surface area contributed by atoms with Crippen molar-refractivity contribution in [3.8, 4) is 0 Å². The van der Waals surface area contributed by atoms with E-state index in [4.69, 9.17) is 5.11 Å². The van der Waals surface area contributed by atoms with Gasteiger partial charge >= 0.3 is 11.9 Å². The third-order valence-electron chi connectivity index (χ3n) is 7.54. The second kappa shape index (κ2) is 25.1. The molecular weight excluding hydrogens is 677 g/mol. The monoisotopic (exact) mass is 728 g/mol. The molecule has 2 aliphatic heterocycles. The summed E-state index contributed by atoms with van der Waals surface area (Å²) in [4.78, 5) is 59.2. The Bertz CT molecular complexity index is 874. The smallest absolute Gasteiger partial charge is 0.306 e. The summed E-state index contributed by atoms with van der Waals surface area (Å²) in [7, 11) is 10.4. The van der Waals surface area contributed by atoms with Gasteiger partial charge in [-0.15, -0.1) is 0 Å². The van der Waals surface area contributed by atoms with Gasteiger partial charge in [-0.05, 0) is 68.9 Å². The average molecular weight is 729 g/mol. The van der Waals surface area contributed by atoms with Crippen molar-refractivity contribution in [2.24, 2.45) is 5.92 Å². The topological polar surface area (TPSA) is 126 Å². The molecule has 2 heterocycles. The molecule has 0 aromatic heterocycles. The molecule has 0 radical (unpaired) electrons. The number of hydrogen-bond acceptors (Lipinski definition) is 11. The predicted octanol–water partition coefficient (Wildman–Crippen LogP) is 10.8. The molecule has 1 atom stereocenters. The van der Waals surface area contributed by atoms with Crippen molar-refractivity contribution in [1.82, 2.24) is 0 Å². The second-order valence-electron chi connectivity index (χ2n) is 11.4. The van der Waals surface area contributed by atoms with Crippen molar-refractivity contribution in [3.63, 3.8) is 0 Å². The van der Waals surface area contributed by atoms with Crippen LogP contribution in [0.2, 0.25) is 0 Å². The van der Waals surface area contributed by atoms with Crippen molar-refractivity contribution < 1.29 is 34.2 Å². The number of carbonyl (C=O) groups excluding carboxylic acids is 3. The van der Waals surface area contributed by atoms with E-state index >= 15 is 0 Å². The fraction of sp³-hybridized carbons (Fsp3) is 0.839. The van der Waals surface area contributed by atoms with Crippen LogP contribution in [-0.2, 0) is 24.0 Å². The molecule has 0 bridgehead atoms. The lowest BCUT2D eigenvalue weighted by Crippen LogP contribution is -2.18. The van der Waals surface area contributed by atoms with E-state index in [1.54, 1.807) is 43.2 Å². The molecule has 0 aromatic carbocycles. The lowest BCUT2D eigenvalue weighted by atomic mass is 9.93. The van der Waals surface area contributed by atoms with E-state index in [1.807, 2.05) is 21.6 Å². The molecule has 44 heavy (non-hydrogen) atoms. The Balaban J connectivity index is 0.00000968. The van der Waals surface area contributed by atoms with Gasteiger partial charge in [0.15, 0.2) is 8.53 Å². The van der Waals surface area contributed by atoms with Crippen LogP contribution in [0.15, 0.2) is 0 Å². The summed E-state index contributed by atoms with van der Waals surface area (Å²) in [5, 5.41) is 18.2. The fourth-order valence-electron chi connectivity index (χ4n) is 4.88. The summed E-state index contributed by atoms with van der Waals surface area (Å²) in [5.41, 5.74) is 0. The van der Waals surface area contributed by atoms with Gasteiger partial charge in [-0.2, -0.15) is 0 Å². The summed E-state index contributed by atoms with van der Waals surface area (Å²) in [5.74, 6) is -2.01. The van der Waals surface area contributed by atoms with Gasteiger partial charge in [0.2, 0.25) is 0 Å². The van der Waals surface area contributed by atoms with Crippen LogP contribution in [0.5, 0.6) is 0 Å². The van der Waals surface area contributed by atoms with Gasteiger partial charge in [-0.25, -0.2) is 0 Å². The third-order valence-corrected chi connectivity index (χ3v) is 21.2. The molecule has 254 valence electrons. The molecule has 0 saturated carbocycles. The SMILES string of the molecule is C.O=C(O)CCCCCCCCCCCCCCC(=O)C[C@@H](CCCCCC(=O)CCC(=O)C1SSC2(SS1)SS2)C(=O)O. The van der Waals surface area contributed by atoms with Crippen LogP contribution in [0.3, 0.4) is 0 Å². The summed E-state index contributed by atoms with van der Waals surface area (Å²) in [6, 6.07) is 0. The fourth-order valence-corrected chi connectivity index (χ4v) is 18.2. The molecule has 2 fully saturated rings. The number of carboxylic acids is 2. The maximum atomic E-state index is 12.4. The first kappa shape index (κ1) is 42.1. The van der Waals surface area contributed by atoms with Crippen LogP contribution >= 0.6 is 64.8 Å². The van der Waals surface area contributed by atoms with Crippen molar-refractivity contribution in [2.45, 2.75) is 156 Å². The third kappa shape index (κ3) is 20.3. The number of carboxylic acid groups (broad SMARTS) is 2. The minimum atomic E-state index is -0.914. The van der Waals surface area contributed by atoms with Gasteiger partial charge < -0.3 is 10.2 Å². The van der Waals surface area contributed by atoms with Gasteiger partial charge in [0.25, 0.3) is 0 Å². The molecule has 2 saturated heterocycles. The molecule has 0 aromatic rings. The highest BCUT2D eigenvalue weighted by atomic mass is 33.2. The average Bonchev–Trinajstić information content (AvgIpc) is 3.73. The standard InChI is InChI=1S/C30H48O7S6.CH4/c31-24(20-21-26(33)29-38-40-30(41-39-29)42-43-30)17-14-11-12-16-23(28(36)37)22-25(32)18-13-9-7-5-3-1-2-4-6-8-10-15-19-27(34)35;/h23,29H,1-22H2,(H,34,35)(H,36,37);1H4/t23-;/m1./s1. The molecule has 0 aliphatic carbocycles. The Hall–Kier alpha value is 0.0500. The van der Waals surface area contributed by atoms with E-state index in [9.17, 15) is 29.1 Å². The van der Waals surface area contributed by atoms with Crippen LogP contribution < -0.4 is 0 Å². The molecule has 13 heteroatoms. The quantitative estimate of drug-likeness (QED) is 0.0451. The van der Waals surface area contributed by atoms with E-state index in [0.717, 1.165) is 44.9 Å². The first-order valence-electron chi connectivity index (χ1n) is 15.8. The number of Topliss-reactive ketones (excluding diaryl/α,β-unsaturated/α-hetero) is 3. The number of aliphatic carboxylic acids is 2. The zero-order chi connectivity index (χ0) is 31.3. The Kier molecular flexibility index (Phi) is 24.0. The van der Waals surface area contributed by atoms with E-state index in [0.29, 0.717) is 38.5 Å². The molecule has 0 amide bonds. The Morgan fingerprint density at radius 1 is 0.545 bits per heavy atom. The van der Waals surface area contributed by atoms with E-state index in [2.05, 4.69) is 0 Å². The van der Waals surface area contributed by atoms with Crippen molar-refractivity contribution in [3.05, 3.63) is 0 Å². The summed E-state index contributed by atoms with van der Waals surface area (Å²) in [6.45, 7) is 0. The second-order valence-corrected chi connectivity index (χ2v) is 20.8. The Morgan fingerprint density at radius 3 is 1.48 bits per heavy atom. The number of hydrogen-bond donors (Lipinski definition) is 2. The van der Waals surface area contributed by atoms with Crippen LogP contribution in [0, 0.1) is 5.92 Å². The zero-order valence-corrected chi connectivity index (χ0v) is 30.0. The van der Waals surface area contributed by atoms with Crippen LogP contribution in [0.4, 0.5) is 0 Å². The van der Waals surface area contributed by atoms with Gasteiger partial charge in [-0.3, -0.25) is 24.0 Å². The maximum Gasteiger partial charge on any atom is 0.306 e. The van der Waals surface area contributed by atoms with Gasteiger partial charge in [0.1, 0.15) is 16.1 Å². The van der Waals surface area contributed by atoms with Crippen LogP contribution in [-0.4, -0.2) is 46.8 Å². The number of ketones is 3. The maximum absolute atomic E-state index is 12.4. The minimum Gasteiger partial charge on any atom is -0.481 e. The minimum absolute atomic E-state index is 0. The molecular formula is C31H52O7S6. The van der Waals surface area contributed by atoms with Gasteiger partial charge in [-0.1, -0.05) is 106 Å². The van der Waals surface area contributed by atoms with E-state index in [-0.39, 0.29) is 51.4 Å². The molecule has 0 unspecified atom stereocenters. The van der Waals surface area contributed by atoms with Crippen molar-refractivity contribution >= 4 is 94.1 Å². The summed E-state index contributed by atoms with van der Waals surface area (Å²) in [6.07, 6.45) is 17.4. The largest absolute Gasteiger partial charge is 0.481 e. The molecule has 1 spiro atoms. The molecule has 2 aliphatic rings.